The molecule has 4 rings (SSSR count). The first kappa shape index (κ1) is 18.3. The fourth-order valence-electron chi connectivity index (χ4n) is 3.86. The molecule has 6 nitrogen and oxygen atoms in total. The Balaban J connectivity index is 1.48. The average Bonchev–Trinajstić information content (AvgIpc) is 3.19. The first-order valence-corrected chi connectivity index (χ1v) is 10.5. The number of benzene rings is 1. The van der Waals surface area contributed by atoms with Crippen molar-refractivity contribution in [2.75, 3.05) is 49.6 Å². The molecular weight excluding hydrogens is 360 g/mol. The van der Waals surface area contributed by atoms with E-state index in [1.807, 2.05) is 17.0 Å². The number of hydrogen-bond donors (Lipinski definition) is 1. The summed E-state index contributed by atoms with van der Waals surface area (Å²) in [6.45, 7) is 5.00. The average molecular weight is 387 g/mol. The van der Waals surface area contributed by atoms with E-state index in [1.165, 1.54) is 0 Å². The standard InChI is InChI=1S/C20H26N4O2S/c1-22-10-12-23(13-11-22)20-21-17(14-27-20)15-5-7-16(8-6-15)24-9-3-2-4-18(24)19(25)26/h5-8,14,18H,2-4,9-13H2,1H3,(H,25,26). The molecule has 0 spiro atoms. The zero-order valence-corrected chi connectivity index (χ0v) is 16.5. The highest BCUT2D eigenvalue weighted by atomic mass is 32.1. The lowest BCUT2D eigenvalue weighted by atomic mass is 10.0. The van der Waals surface area contributed by atoms with Crippen LogP contribution in [-0.2, 0) is 4.79 Å². The Morgan fingerprint density at radius 1 is 1.11 bits per heavy atom. The van der Waals surface area contributed by atoms with Crippen molar-refractivity contribution in [3.63, 3.8) is 0 Å². The quantitative estimate of drug-likeness (QED) is 0.872. The Kier molecular flexibility index (Phi) is 5.31. The number of carboxylic acids is 1. The number of carbonyl (C=O) groups is 1. The molecular formula is C20H26N4O2S. The molecule has 0 saturated carbocycles. The van der Waals surface area contributed by atoms with E-state index in [0.29, 0.717) is 0 Å². The van der Waals surface area contributed by atoms with Gasteiger partial charge in [-0.15, -0.1) is 11.3 Å². The smallest absolute Gasteiger partial charge is 0.326 e. The van der Waals surface area contributed by atoms with Crippen LogP contribution in [0.25, 0.3) is 11.3 Å². The molecule has 3 heterocycles. The maximum Gasteiger partial charge on any atom is 0.326 e. The van der Waals surface area contributed by atoms with Gasteiger partial charge in [0.25, 0.3) is 0 Å². The van der Waals surface area contributed by atoms with Crippen molar-refractivity contribution in [1.82, 2.24) is 9.88 Å². The number of likely N-dealkylation sites (N-methyl/N-ethyl adjacent to an activating group) is 1. The van der Waals surface area contributed by atoms with E-state index in [1.54, 1.807) is 11.3 Å². The number of nitrogens with zero attached hydrogens (tertiary/aromatic N) is 4. The molecule has 2 saturated heterocycles. The van der Waals surface area contributed by atoms with Gasteiger partial charge in [0.1, 0.15) is 6.04 Å². The lowest BCUT2D eigenvalue weighted by Crippen LogP contribution is -2.44. The monoisotopic (exact) mass is 386 g/mol. The number of hydrogen-bond acceptors (Lipinski definition) is 6. The third kappa shape index (κ3) is 3.94. The van der Waals surface area contributed by atoms with Crippen LogP contribution < -0.4 is 9.80 Å². The minimum atomic E-state index is -0.727. The second kappa shape index (κ2) is 7.86. The minimum Gasteiger partial charge on any atom is -0.480 e. The molecule has 2 aliphatic heterocycles. The van der Waals surface area contributed by atoms with Gasteiger partial charge in [0.15, 0.2) is 5.13 Å². The van der Waals surface area contributed by atoms with E-state index in [0.717, 1.165) is 74.1 Å². The van der Waals surface area contributed by atoms with E-state index in [9.17, 15) is 9.90 Å². The van der Waals surface area contributed by atoms with Crippen molar-refractivity contribution in [3.8, 4) is 11.3 Å². The van der Waals surface area contributed by atoms with Crippen molar-refractivity contribution in [2.24, 2.45) is 0 Å². The Labute approximate surface area is 164 Å². The van der Waals surface area contributed by atoms with Gasteiger partial charge in [0.05, 0.1) is 5.69 Å². The van der Waals surface area contributed by atoms with Gasteiger partial charge in [0.2, 0.25) is 0 Å². The van der Waals surface area contributed by atoms with Gasteiger partial charge in [0, 0.05) is 49.4 Å². The lowest BCUT2D eigenvalue weighted by molar-refractivity contribution is -0.139. The number of rotatable bonds is 4. The molecule has 1 atom stereocenters. The van der Waals surface area contributed by atoms with Gasteiger partial charge in [-0.2, -0.15) is 0 Å². The summed E-state index contributed by atoms with van der Waals surface area (Å²) in [6, 6.07) is 7.78. The van der Waals surface area contributed by atoms with Gasteiger partial charge in [-0.1, -0.05) is 12.1 Å². The van der Waals surface area contributed by atoms with Crippen LogP contribution in [0.4, 0.5) is 10.8 Å². The third-order valence-electron chi connectivity index (χ3n) is 5.55. The number of piperidine rings is 1. The second-order valence-electron chi connectivity index (χ2n) is 7.40. The number of thiazole rings is 1. The summed E-state index contributed by atoms with van der Waals surface area (Å²) in [5, 5.41) is 12.7. The molecule has 7 heteroatoms. The first-order valence-electron chi connectivity index (χ1n) is 9.61. The van der Waals surface area contributed by atoms with Crippen LogP contribution in [0.3, 0.4) is 0 Å². The van der Waals surface area contributed by atoms with Crippen molar-refractivity contribution in [2.45, 2.75) is 25.3 Å². The lowest BCUT2D eigenvalue weighted by Gasteiger charge is -2.34. The highest BCUT2D eigenvalue weighted by Crippen LogP contribution is 2.31. The molecule has 1 N–H and O–H groups in total. The first-order chi connectivity index (χ1) is 13.1. The molecule has 2 fully saturated rings. The number of anilines is 2. The van der Waals surface area contributed by atoms with E-state index >= 15 is 0 Å². The minimum absolute atomic E-state index is 0.410. The second-order valence-corrected chi connectivity index (χ2v) is 8.23. The van der Waals surface area contributed by atoms with Crippen LogP contribution in [0, 0.1) is 0 Å². The SMILES string of the molecule is CN1CCN(c2nc(-c3ccc(N4CCCCC4C(=O)O)cc3)cs2)CC1. The molecule has 144 valence electrons. The van der Waals surface area contributed by atoms with Crippen LogP contribution in [0.2, 0.25) is 0 Å². The predicted molar refractivity (Wildman–Crippen MR) is 110 cm³/mol. The maximum absolute atomic E-state index is 11.5. The topological polar surface area (TPSA) is 59.9 Å². The summed E-state index contributed by atoms with van der Waals surface area (Å²) in [5.41, 5.74) is 3.06. The summed E-state index contributed by atoms with van der Waals surface area (Å²) in [6.07, 6.45) is 2.75. The molecule has 2 aromatic rings. The van der Waals surface area contributed by atoms with Crippen LogP contribution in [0.1, 0.15) is 19.3 Å². The van der Waals surface area contributed by atoms with Gasteiger partial charge in [-0.3, -0.25) is 0 Å². The third-order valence-corrected chi connectivity index (χ3v) is 6.45. The van der Waals surface area contributed by atoms with Crippen molar-refractivity contribution in [3.05, 3.63) is 29.6 Å². The van der Waals surface area contributed by atoms with Crippen molar-refractivity contribution < 1.29 is 9.90 Å². The predicted octanol–water partition coefficient (Wildman–Crippen LogP) is 3.01. The van der Waals surface area contributed by atoms with Crippen LogP contribution in [0.5, 0.6) is 0 Å². The van der Waals surface area contributed by atoms with E-state index in [2.05, 4.69) is 34.4 Å². The molecule has 2 aliphatic rings. The van der Waals surface area contributed by atoms with Crippen LogP contribution in [0.15, 0.2) is 29.6 Å². The van der Waals surface area contributed by atoms with Crippen molar-refractivity contribution >= 4 is 28.1 Å². The van der Waals surface area contributed by atoms with Gasteiger partial charge < -0.3 is 19.8 Å². The zero-order chi connectivity index (χ0) is 18.8. The Morgan fingerprint density at radius 3 is 2.56 bits per heavy atom. The normalized spacial score (nSPS) is 21.4. The van der Waals surface area contributed by atoms with E-state index in [-0.39, 0.29) is 0 Å². The number of aliphatic carboxylic acids is 1. The van der Waals surface area contributed by atoms with E-state index in [4.69, 9.17) is 4.98 Å². The highest BCUT2D eigenvalue weighted by Gasteiger charge is 2.28. The Morgan fingerprint density at radius 2 is 1.85 bits per heavy atom. The van der Waals surface area contributed by atoms with Gasteiger partial charge in [-0.25, -0.2) is 9.78 Å². The summed E-state index contributed by atoms with van der Waals surface area (Å²) in [4.78, 5) is 23.1. The van der Waals surface area contributed by atoms with Gasteiger partial charge in [-0.05, 0) is 38.4 Å². The van der Waals surface area contributed by atoms with Crippen LogP contribution in [-0.4, -0.2) is 66.8 Å². The molecule has 0 radical (unpaired) electrons. The summed E-state index contributed by atoms with van der Waals surface area (Å²) in [7, 11) is 2.16. The molecule has 0 amide bonds. The Hall–Kier alpha value is -2.12. The molecule has 27 heavy (non-hydrogen) atoms. The fourth-order valence-corrected chi connectivity index (χ4v) is 4.75. The Bertz CT molecular complexity index is 784. The number of piperazine rings is 1. The number of aromatic nitrogens is 1. The highest BCUT2D eigenvalue weighted by molar-refractivity contribution is 7.14. The van der Waals surface area contributed by atoms with Crippen LogP contribution >= 0.6 is 11.3 Å². The maximum atomic E-state index is 11.5. The fraction of sp³-hybridized carbons (Fsp3) is 0.500. The van der Waals surface area contributed by atoms with E-state index < -0.39 is 12.0 Å². The van der Waals surface area contributed by atoms with Gasteiger partial charge >= 0.3 is 5.97 Å². The number of carboxylic acid groups (broad SMARTS) is 1. The molecule has 0 bridgehead atoms. The molecule has 1 unspecified atom stereocenters. The zero-order valence-electron chi connectivity index (χ0n) is 15.7. The molecule has 1 aromatic heterocycles. The summed E-state index contributed by atoms with van der Waals surface area (Å²) in [5.74, 6) is -0.727. The molecule has 0 aliphatic carbocycles. The largest absolute Gasteiger partial charge is 0.480 e. The summed E-state index contributed by atoms with van der Waals surface area (Å²) >= 11 is 1.70. The van der Waals surface area contributed by atoms with Crippen molar-refractivity contribution in [1.29, 1.82) is 0 Å². The molecule has 1 aromatic carbocycles. The summed E-state index contributed by atoms with van der Waals surface area (Å²) < 4.78 is 0.